The molecule has 36 heavy (non-hydrogen) atoms. The molecule has 0 unspecified atom stereocenters. The molecule has 1 aliphatic rings. The van der Waals surface area contributed by atoms with Crippen LogP contribution in [-0.4, -0.2) is 6.61 Å². The van der Waals surface area contributed by atoms with E-state index in [1.165, 1.54) is 6.07 Å². The average Bonchev–Trinajstić information content (AvgIpc) is 2.89. The van der Waals surface area contributed by atoms with Gasteiger partial charge in [-0.3, -0.25) is 0 Å². The maximum atomic E-state index is 14.8. The van der Waals surface area contributed by atoms with Crippen LogP contribution in [0.2, 0.25) is 0 Å². The molecule has 1 saturated carbocycles. The fraction of sp³-hybridized carbons (Fsp3) is 0.419. The lowest BCUT2D eigenvalue weighted by Crippen LogP contribution is -2.13. The molecule has 3 aromatic carbocycles. The quantitative estimate of drug-likeness (QED) is 0.261. The zero-order valence-corrected chi connectivity index (χ0v) is 21.2. The third-order valence-electron chi connectivity index (χ3n) is 7.16. The Morgan fingerprint density at radius 1 is 0.778 bits per heavy atom. The summed E-state index contributed by atoms with van der Waals surface area (Å²) in [5.74, 6) is -0.188. The predicted octanol–water partition coefficient (Wildman–Crippen LogP) is 9.21. The van der Waals surface area contributed by atoms with Crippen molar-refractivity contribution < 1.29 is 22.6 Å². The van der Waals surface area contributed by atoms with Gasteiger partial charge in [0.1, 0.15) is 23.9 Å². The van der Waals surface area contributed by atoms with Crippen LogP contribution < -0.4 is 9.47 Å². The van der Waals surface area contributed by atoms with Crippen molar-refractivity contribution >= 4 is 0 Å². The third-order valence-corrected chi connectivity index (χ3v) is 7.16. The van der Waals surface area contributed by atoms with Crippen LogP contribution in [0.5, 0.6) is 11.5 Å². The Morgan fingerprint density at radius 3 is 2.19 bits per heavy atom. The molecule has 0 aliphatic heterocycles. The Hall–Kier alpha value is -2.95. The van der Waals surface area contributed by atoms with E-state index in [0.717, 1.165) is 44.9 Å². The van der Waals surface area contributed by atoms with Crippen LogP contribution in [0.25, 0.3) is 11.1 Å². The molecule has 0 N–H and O–H groups in total. The molecule has 0 aromatic heterocycles. The van der Waals surface area contributed by atoms with Gasteiger partial charge in [0.25, 0.3) is 0 Å². The average molecular weight is 497 g/mol. The van der Waals surface area contributed by atoms with Crippen molar-refractivity contribution in [3.05, 3.63) is 83.2 Å². The molecule has 3 aromatic rings. The standard InChI is InChI=1S/C31H35F3O2/c1-3-4-5-18-35-26-15-17-27(29(32)19-26)22-10-13-25(14-11-22)36-20-24-12-16-28(31(34)30(24)33)23-8-6-21(2)7-9-23/h10-17,19,21,23H,3-9,18,20H2,1-2H3. The van der Waals surface area contributed by atoms with Gasteiger partial charge >= 0.3 is 0 Å². The number of rotatable bonds is 10. The summed E-state index contributed by atoms with van der Waals surface area (Å²) in [5.41, 5.74) is 1.82. The molecule has 1 aliphatic carbocycles. The number of benzene rings is 3. The second kappa shape index (κ2) is 12.3. The second-order valence-corrected chi connectivity index (χ2v) is 9.91. The first-order valence-electron chi connectivity index (χ1n) is 13.1. The summed E-state index contributed by atoms with van der Waals surface area (Å²) in [6, 6.07) is 15.1. The molecule has 0 spiro atoms. The lowest BCUT2D eigenvalue weighted by atomic mass is 9.79. The van der Waals surface area contributed by atoms with Gasteiger partial charge in [-0.05, 0) is 66.5 Å². The largest absolute Gasteiger partial charge is 0.493 e. The highest BCUT2D eigenvalue weighted by molar-refractivity contribution is 5.65. The van der Waals surface area contributed by atoms with Gasteiger partial charge in [-0.1, -0.05) is 63.8 Å². The fourth-order valence-electron chi connectivity index (χ4n) is 4.86. The topological polar surface area (TPSA) is 18.5 Å². The summed E-state index contributed by atoms with van der Waals surface area (Å²) in [5, 5.41) is 0. The van der Waals surface area contributed by atoms with Gasteiger partial charge in [0.2, 0.25) is 0 Å². The predicted molar refractivity (Wildman–Crippen MR) is 138 cm³/mol. The summed E-state index contributed by atoms with van der Waals surface area (Å²) in [7, 11) is 0. The molecule has 1 fully saturated rings. The lowest BCUT2D eigenvalue weighted by Gasteiger charge is -2.27. The van der Waals surface area contributed by atoms with Crippen molar-refractivity contribution in [1.29, 1.82) is 0 Å². The zero-order chi connectivity index (χ0) is 25.5. The summed E-state index contributed by atoms with van der Waals surface area (Å²) in [4.78, 5) is 0. The van der Waals surface area contributed by atoms with E-state index < -0.39 is 11.6 Å². The minimum Gasteiger partial charge on any atom is -0.493 e. The van der Waals surface area contributed by atoms with E-state index in [4.69, 9.17) is 9.47 Å². The van der Waals surface area contributed by atoms with E-state index in [9.17, 15) is 13.2 Å². The first-order valence-corrected chi connectivity index (χ1v) is 13.1. The van der Waals surface area contributed by atoms with Crippen LogP contribution in [0.4, 0.5) is 13.2 Å². The van der Waals surface area contributed by atoms with E-state index >= 15 is 0 Å². The van der Waals surface area contributed by atoms with Crippen molar-refractivity contribution in [3.63, 3.8) is 0 Å². The van der Waals surface area contributed by atoms with Crippen LogP contribution in [-0.2, 0) is 6.61 Å². The van der Waals surface area contributed by atoms with Crippen molar-refractivity contribution in [2.45, 2.75) is 71.3 Å². The normalized spacial score (nSPS) is 17.7. The fourth-order valence-corrected chi connectivity index (χ4v) is 4.86. The highest BCUT2D eigenvalue weighted by Gasteiger charge is 2.24. The van der Waals surface area contributed by atoms with Gasteiger partial charge in [0.15, 0.2) is 11.6 Å². The molecular formula is C31H35F3O2. The smallest absolute Gasteiger partial charge is 0.165 e. The van der Waals surface area contributed by atoms with Crippen molar-refractivity contribution in [2.75, 3.05) is 6.61 Å². The Balaban J connectivity index is 1.36. The van der Waals surface area contributed by atoms with Crippen molar-refractivity contribution in [3.8, 4) is 22.6 Å². The van der Waals surface area contributed by atoms with Gasteiger partial charge in [0, 0.05) is 17.2 Å². The van der Waals surface area contributed by atoms with E-state index in [2.05, 4.69) is 13.8 Å². The van der Waals surface area contributed by atoms with Gasteiger partial charge in [-0.2, -0.15) is 0 Å². The van der Waals surface area contributed by atoms with E-state index in [-0.39, 0.29) is 23.9 Å². The Bertz CT molecular complexity index is 1140. The van der Waals surface area contributed by atoms with E-state index in [1.807, 2.05) is 0 Å². The lowest BCUT2D eigenvalue weighted by molar-refractivity contribution is 0.295. The second-order valence-electron chi connectivity index (χ2n) is 9.91. The molecule has 2 nitrogen and oxygen atoms in total. The monoisotopic (exact) mass is 496 g/mol. The first-order chi connectivity index (χ1) is 17.5. The van der Waals surface area contributed by atoms with Crippen LogP contribution in [0.15, 0.2) is 54.6 Å². The summed E-state index contributed by atoms with van der Waals surface area (Å²) < 4.78 is 55.6. The molecule has 5 heteroatoms. The SMILES string of the molecule is CCCCCOc1ccc(-c2ccc(OCc3ccc(C4CCC(C)CC4)c(F)c3F)cc2)c(F)c1. The molecule has 4 rings (SSSR count). The summed E-state index contributed by atoms with van der Waals surface area (Å²) >= 11 is 0. The minimum absolute atomic E-state index is 0.0808. The molecule has 192 valence electrons. The van der Waals surface area contributed by atoms with Crippen LogP contribution >= 0.6 is 0 Å². The van der Waals surface area contributed by atoms with Crippen LogP contribution in [0.1, 0.15) is 75.8 Å². The van der Waals surface area contributed by atoms with Crippen molar-refractivity contribution in [1.82, 2.24) is 0 Å². The number of hydrogen-bond donors (Lipinski definition) is 0. The maximum absolute atomic E-state index is 14.8. The zero-order valence-electron chi connectivity index (χ0n) is 21.2. The van der Waals surface area contributed by atoms with Gasteiger partial charge in [0.05, 0.1) is 6.61 Å². The Morgan fingerprint density at radius 2 is 1.50 bits per heavy atom. The van der Waals surface area contributed by atoms with Crippen LogP contribution in [0, 0.1) is 23.4 Å². The Kier molecular flexibility index (Phi) is 8.95. The number of unbranched alkanes of at least 4 members (excludes halogenated alkanes) is 2. The highest BCUT2D eigenvalue weighted by Crippen LogP contribution is 2.37. The van der Waals surface area contributed by atoms with Gasteiger partial charge < -0.3 is 9.47 Å². The van der Waals surface area contributed by atoms with Crippen molar-refractivity contribution in [2.24, 2.45) is 5.92 Å². The molecule has 0 heterocycles. The molecule has 0 amide bonds. The van der Waals surface area contributed by atoms with E-state index in [0.29, 0.717) is 40.7 Å². The molecule has 0 radical (unpaired) electrons. The highest BCUT2D eigenvalue weighted by atomic mass is 19.2. The van der Waals surface area contributed by atoms with E-state index in [1.54, 1.807) is 48.5 Å². The third kappa shape index (κ3) is 6.43. The molecule has 0 bridgehead atoms. The Labute approximate surface area is 212 Å². The molecule has 0 saturated heterocycles. The molecule has 0 atom stereocenters. The van der Waals surface area contributed by atoms with Crippen LogP contribution in [0.3, 0.4) is 0 Å². The summed E-state index contributed by atoms with van der Waals surface area (Å²) in [6.45, 7) is 4.82. The maximum Gasteiger partial charge on any atom is 0.165 e. The summed E-state index contributed by atoms with van der Waals surface area (Å²) in [6.07, 6.45) is 7.03. The minimum atomic E-state index is -0.832. The number of halogens is 3. The first kappa shape index (κ1) is 26.1. The van der Waals surface area contributed by atoms with Gasteiger partial charge in [-0.15, -0.1) is 0 Å². The molecular weight excluding hydrogens is 461 g/mol. The number of hydrogen-bond acceptors (Lipinski definition) is 2. The van der Waals surface area contributed by atoms with Gasteiger partial charge in [-0.25, -0.2) is 13.2 Å². The number of ether oxygens (including phenoxy) is 2.